The van der Waals surface area contributed by atoms with Crippen molar-refractivity contribution in [2.45, 2.75) is 17.3 Å². The van der Waals surface area contributed by atoms with E-state index in [0.29, 0.717) is 5.75 Å². The maximum atomic E-state index is 12.6. The van der Waals surface area contributed by atoms with Crippen molar-refractivity contribution in [1.29, 1.82) is 0 Å². The minimum atomic E-state index is -5.00. The largest absolute Gasteiger partial charge is 0.573 e. The van der Waals surface area contributed by atoms with Crippen LogP contribution < -0.4 is 14.2 Å². The molecular weight excluding hydrogens is 397 g/mol. The highest BCUT2D eigenvalue weighted by Crippen LogP contribution is 2.30. The summed E-state index contributed by atoms with van der Waals surface area (Å²) in [7, 11) is 0.796. The molecule has 10 heteroatoms. The minimum Gasteiger partial charge on any atom is -0.497 e. The average Bonchev–Trinajstić information content (AvgIpc) is 2.60. The number of hydrogen-bond donors (Lipinski definition) is 1. The van der Waals surface area contributed by atoms with Crippen LogP contribution in [0.2, 0.25) is 0 Å². The third-order valence-electron chi connectivity index (χ3n) is 3.93. The number of methoxy groups -OCH3 is 1. The van der Waals surface area contributed by atoms with Gasteiger partial charge in [-0.2, -0.15) is 0 Å². The number of para-hydroxylation sites is 1. The molecule has 0 saturated carbocycles. The predicted molar refractivity (Wildman–Crippen MR) is 97.7 cm³/mol. The Balaban J connectivity index is 2.26. The highest BCUT2D eigenvalue weighted by molar-refractivity contribution is 7.89. The molecule has 0 aliphatic rings. The molecule has 0 saturated heterocycles. The van der Waals surface area contributed by atoms with E-state index in [9.17, 15) is 21.6 Å². The monoisotopic (exact) mass is 418 g/mol. The molecule has 28 heavy (non-hydrogen) atoms. The van der Waals surface area contributed by atoms with Crippen molar-refractivity contribution in [3.05, 3.63) is 54.1 Å². The summed E-state index contributed by atoms with van der Waals surface area (Å²) in [6, 6.07) is 11.3. The van der Waals surface area contributed by atoms with Gasteiger partial charge in [-0.15, -0.1) is 13.2 Å². The number of nitrogens with one attached hydrogen (secondary N) is 1. The van der Waals surface area contributed by atoms with Gasteiger partial charge >= 0.3 is 6.36 Å². The first-order chi connectivity index (χ1) is 13.0. The Morgan fingerprint density at radius 2 is 1.79 bits per heavy atom. The Kier molecular flexibility index (Phi) is 6.91. The zero-order chi connectivity index (χ0) is 20.9. The van der Waals surface area contributed by atoms with Gasteiger partial charge in [0.1, 0.15) is 16.4 Å². The van der Waals surface area contributed by atoms with E-state index in [1.807, 2.05) is 6.07 Å². The lowest BCUT2D eigenvalue weighted by Crippen LogP contribution is -2.35. The first kappa shape index (κ1) is 22.0. The minimum absolute atomic E-state index is 0.0666. The van der Waals surface area contributed by atoms with Gasteiger partial charge in [0.25, 0.3) is 0 Å². The molecule has 1 N–H and O–H groups in total. The highest BCUT2D eigenvalue weighted by atomic mass is 32.2. The van der Waals surface area contributed by atoms with Gasteiger partial charge in [0.05, 0.1) is 7.11 Å². The summed E-state index contributed by atoms with van der Waals surface area (Å²) < 4.78 is 74.3. The fraction of sp³-hybridized carbons (Fsp3) is 0.333. The molecule has 0 spiro atoms. The second kappa shape index (κ2) is 8.80. The number of ether oxygens (including phenoxy) is 2. The molecule has 1 unspecified atom stereocenters. The average molecular weight is 418 g/mol. The van der Waals surface area contributed by atoms with Gasteiger partial charge in [-0.05, 0) is 43.9 Å². The zero-order valence-electron chi connectivity index (χ0n) is 15.5. The summed E-state index contributed by atoms with van der Waals surface area (Å²) >= 11 is 0. The van der Waals surface area contributed by atoms with Crippen LogP contribution in [-0.4, -0.2) is 47.4 Å². The number of nitrogens with zero attached hydrogens (tertiary/aromatic N) is 1. The Morgan fingerprint density at radius 3 is 2.39 bits per heavy atom. The van der Waals surface area contributed by atoms with Crippen molar-refractivity contribution < 1.29 is 31.1 Å². The first-order valence-electron chi connectivity index (χ1n) is 8.18. The third kappa shape index (κ3) is 5.85. The molecular formula is C18H21F3N2O4S. The molecule has 6 nitrogen and oxygen atoms in total. The fourth-order valence-electron chi connectivity index (χ4n) is 2.59. The predicted octanol–water partition coefficient (Wildman–Crippen LogP) is 3.18. The first-order valence-corrected chi connectivity index (χ1v) is 9.66. The van der Waals surface area contributed by atoms with Gasteiger partial charge in [-0.3, -0.25) is 0 Å². The maximum absolute atomic E-state index is 12.6. The number of sulfonamides is 1. The van der Waals surface area contributed by atoms with Crippen molar-refractivity contribution in [1.82, 2.24) is 9.62 Å². The second-order valence-corrected chi connectivity index (χ2v) is 7.84. The molecule has 0 heterocycles. The third-order valence-corrected chi connectivity index (χ3v) is 5.40. The smallest absolute Gasteiger partial charge is 0.497 e. The van der Waals surface area contributed by atoms with Crippen LogP contribution in [-0.2, 0) is 10.0 Å². The quantitative estimate of drug-likeness (QED) is 0.713. The lowest BCUT2D eigenvalue weighted by atomic mass is 10.1. The molecule has 2 aromatic rings. The standard InChI is InChI=1S/C18H21F3N2O4S/c1-23(2)15(13-7-6-8-14(11-13)26-3)12-22-28(24,25)17-10-5-4-9-16(17)27-18(19,20)21/h4-11,15,22H,12H2,1-3H3. The van der Waals surface area contributed by atoms with Crippen LogP contribution in [0.4, 0.5) is 13.2 Å². The van der Waals surface area contributed by atoms with E-state index in [1.165, 1.54) is 19.2 Å². The van der Waals surface area contributed by atoms with Crippen molar-refractivity contribution in [2.24, 2.45) is 0 Å². The molecule has 0 radical (unpaired) electrons. The number of hydrogen-bond acceptors (Lipinski definition) is 5. The van der Waals surface area contributed by atoms with Gasteiger partial charge < -0.3 is 14.4 Å². The molecule has 0 aromatic heterocycles. The van der Waals surface area contributed by atoms with Crippen LogP contribution in [0.15, 0.2) is 53.4 Å². The number of rotatable bonds is 8. The number of benzene rings is 2. The van der Waals surface area contributed by atoms with E-state index in [-0.39, 0.29) is 12.6 Å². The summed E-state index contributed by atoms with van der Waals surface area (Å²) in [5.41, 5.74) is 0.784. The molecule has 2 rings (SSSR count). The summed E-state index contributed by atoms with van der Waals surface area (Å²) in [6.45, 7) is -0.0666. The Morgan fingerprint density at radius 1 is 1.11 bits per heavy atom. The van der Waals surface area contributed by atoms with Crippen LogP contribution in [0.1, 0.15) is 11.6 Å². The van der Waals surface area contributed by atoms with Crippen LogP contribution in [0.25, 0.3) is 0 Å². The highest BCUT2D eigenvalue weighted by Gasteiger charge is 2.34. The van der Waals surface area contributed by atoms with E-state index < -0.39 is 27.0 Å². The van der Waals surface area contributed by atoms with Crippen molar-refractivity contribution in [3.8, 4) is 11.5 Å². The zero-order valence-corrected chi connectivity index (χ0v) is 16.3. The molecule has 0 aliphatic carbocycles. The number of alkyl halides is 3. The van der Waals surface area contributed by atoms with E-state index in [0.717, 1.165) is 17.7 Å². The topological polar surface area (TPSA) is 67.9 Å². The normalized spacial score (nSPS) is 13.4. The van der Waals surface area contributed by atoms with Gasteiger partial charge in [0.15, 0.2) is 0 Å². The summed E-state index contributed by atoms with van der Waals surface area (Å²) in [5.74, 6) is -0.179. The van der Waals surface area contributed by atoms with E-state index in [2.05, 4.69) is 9.46 Å². The molecule has 1 atom stereocenters. The molecule has 0 bridgehead atoms. The number of halogens is 3. The van der Waals surface area contributed by atoms with Crippen molar-refractivity contribution >= 4 is 10.0 Å². The van der Waals surface area contributed by atoms with E-state index in [4.69, 9.17) is 4.74 Å². The van der Waals surface area contributed by atoms with Crippen molar-refractivity contribution in [2.75, 3.05) is 27.7 Å². The molecule has 0 fully saturated rings. The summed E-state index contributed by atoms with van der Waals surface area (Å²) in [4.78, 5) is 1.20. The SMILES string of the molecule is COc1cccc(C(CNS(=O)(=O)c2ccccc2OC(F)(F)F)N(C)C)c1. The lowest BCUT2D eigenvalue weighted by Gasteiger charge is -2.25. The summed E-state index contributed by atoms with van der Waals surface area (Å²) in [5, 5.41) is 0. The van der Waals surface area contributed by atoms with Gasteiger partial charge in [0, 0.05) is 12.6 Å². The Hall–Kier alpha value is -2.30. The molecule has 0 aliphatic heterocycles. The van der Waals surface area contributed by atoms with Crippen LogP contribution >= 0.6 is 0 Å². The fourth-order valence-corrected chi connectivity index (χ4v) is 3.76. The summed E-state index contributed by atoms with van der Waals surface area (Å²) in [6.07, 6.45) is -5.00. The van der Waals surface area contributed by atoms with Gasteiger partial charge in [0.2, 0.25) is 10.0 Å². The Bertz CT molecular complexity index is 902. The Labute approximate surface area is 161 Å². The van der Waals surface area contributed by atoms with Gasteiger partial charge in [-0.1, -0.05) is 24.3 Å². The van der Waals surface area contributed by atoms with E-state index in [1.54, 1.807) is 37.2 Å². The lowest BCUT2D eigenvalue weighted by molar-refractivity contribution is -0.275. The second-order valence-electron chi connectivity index (χ2n) is 6.10. The maximum Gasteiger partial charge on any atom is 0.573 e. The molecule has 0 amide bonds. The number of likely N-dealkylation sites (N-methyl/N-ethyl adjacent to an activating group) is 1. The molecule has 154 valence electrons. The van der Waals surface area contributed by atoms with E-state index >= 15 is 0 Å². The van der Waals surface area contributed by atoms with Crippen molar-refractivity contribution in [3.63, 3.8) is 0 Å². The van der Waals surface area contributed by atoms with Crippen LogP contribution in [0, 0.1) is 0 Å². The van der Waals surface area contributed by atoms with Gasteiger partial charge in [-0.25, -0.2) is 13.1 Å². The van der Waals surface area contributed by atoms with Crippen LogP contribution in [0.3, 0.4) is 0 Å². The van der Waals surface area contributed by atoms with Crippen LogP contribution in [0.5, 0.6) is 11.5 Å². The molecule has 2 aromatic carbocycles.